The van der Waals surface area contributed by atoms with Crippen molar-refractivity contribution in [3.63, 3.8) is 0 Å². The van der Waals surface area contributed by atoms with Gasteiger partial charge in [-0.1, -0.05) is 41.9 Å². The third-order valence-electron chi connectivity index (χ3n) is 3.81. The maximum absolute atomic E-state index is 9.51. The van der Waals surface area contributed by atoms with Gasteiger partial charge in [0.25, 0.3) is 0 Å². The lowest BCUT2D eigenvalue weighted by atomic mass is 9.80. The molecule has 2 nitrogen and oxygen atoms in total. The minimum Gasteiger partial charge on any atom is -0.494 e. The van der Waals surface area contributed by atoms with Crippen molar-refractivity contribution in [3.05, 3.63) is 65.2 Å². The zero-order valence-corrected chi connectivity index (χ0v) is 13.5. The summed E-state index contributed by atoms with van der Waals surface area (Å²) >= 11 is 5.83. The van der Waals surface area contributed by atoms with Crippen LogP contribution in [0.1, 0.15) is 31.7 Å². The molecule has 0 spiro atoms. The van der Waals surface area contributed by atoms with Gasteiger partial charge in [-0.3, -0.25) is 0 Å². The highest BCUT2D eigenvalue weighted by molar-refractivity contribution is 6.30. The summed E-state index contributed by atoms with van der Waals surface area (Å²) in [5, 5.41) is 10.2. The Morgan fingerprint density at radius 2 is 1.73 bits per heavy atom. The van der Waals surface area contributed by atoms with Crippen molar-refractivity contribution in [1.82, 2.24) is 0 Å². The molecule has 22 heavy (non-hydrogen) atoms. The molecule has 0 radical (unpaired) electrons. The minimum absolute atomic E-state index is 0.429. The molecule has 0 saturated carbocycles. The summed E-state index contributed by atoms with van der Waals surface area (Å²) in [7, 11) is 0. The Morgan fingerprint density at radius 3 is 2.36 bits per heavy atom. The summed E-state index contributed by atoms with van der Waals surface area (Å²) in [6, 6.07) is 19.8. The molecule has 0 N–H and O–H groups in total. The summed E-state index contributed by atoms with van der Waals surface area (Å²) in [5.41, 5.74) is 0.651. The maximum atomic E-state index is 9.51. The highest BCUT2D eigenvalue weighted by Gasteiger charge is 2.25. The molecule has 0 aliphatic heterocycles. The SMILES string of the molecule is CC(C#N)(CCCCOc1ccc(Cl)cc1)c1ccccc1. The fourth-order valence-corrected chi connectivity index (χ4v) is 2.50. The average Bonchev–Trinajstić information content (AvgIpc) is 2.57. The normalized spacial score (nSPS) is 13.1. The molecule has 0 aliphatic rings. The smallest absolute Gasteiger partial charge is 0.119 e. The molecule has 1 unspecified atom stereocenters. The fraction of sp³-hybridized carbons (Fsp3) is 0.316. The van der Waals surface area contributed by atoms with E-state index in [0.717, 1.165) is 30.6 Å². The lowest BCUT2D eigenvalue weighted by Gasteiger charge is -2.22. The van der Waals surface area contributed by atoms with Gasteiger partial charge in [0, 0.05) is 5.02 Å². The summed E-state index contributed by atoms with van der Waals surface area (Å²) in [6.45, 7) is 2.65. The second kappa shape index (κ2) is 7.87. The largest absolute Gasteiger partial charge is 0.494 e. The topological polar surface area (TPSA) is 33.0 Å². The Kier molecular flexibility index (Phi) is 5.86. The van der Waals surface area contributed by atoms with Crippen molar-refractivity contribution in [1.29, 1.82) is 5.26 Å². The van der Waals surface area contributed by atoms with Crippen LogP contribution < -0.4 is 4.74 Å². The van der Waals surface area contributed by atoms with E-state index < -0.39 is 5.41 Å². The lowest BCUT2D eigenvalue weighted by Crippen LogP contribution is -2.19. The van der Waals surface area contributed by atoms with Crippen LogP contribution in [0, 0.1) is 11.3 Å². The molecule has 0 fully saturated rings. The third-order valence-corrected chi connectivity index (χ3v) is 4.06. The monoisotopic (exact) mass is 313 g/mol. The van der Waals surface area contributed by atoms with Gasteiger partial charge >= 0.3 is 0 Å². The summed E-state index contributed by atoms with van der Waals surface area (Å²) in [6.07, 6.45) is 2.71. The van der Waals surface area contributed by atoms with Crippen molar-refractivity contribution >= 4 is 11.6 Å². The molecule has 2 aromatic rings. The first kappa shape index (κ1) is 16.4. The molecule has 0 aromatic heterocycles. The van der Waals surface area contributed by atoms with E-state index in [1.165, 1.54) is 0 Å². The number of benzene rings is 2. The molecule has 0 bridgehead atoms. The van der Waals surface area contributed by atoms with Crippen LogP contribution in [0.3, 0.4) is 0 Å². The third kappa shape index (κ3) is 4.51. The van der Waals surface area contributed by atoms with E-state index in [9.17, 15) is 5.26 Å². The Labute approximate surface area is 137 Å². The van der Waals surface area contributed by atoms with Gasteiger partial charge in [-0.15, -0.1) is 0 Å². The van der Waals surface area contributed by atoms with Gasteiger partial charge in [-0.25, -0.2) is 0 Å². The molecule has 0 amide bonds. The number of nitrogens with zero attached hydrogens (tertiary/aromatic N) is 1. The number of hydrogen-bond acceptors (Lipinski definition) is 2. The van der Waals surface area contributed by atoms with Crippen LogP contribution in [0.2, 0.25) is 5.02 Å². The van der Waals surface area contributed by atoms with Gasteiger partial charge in [0.1, 0.15) is 5.75 Å². The fourth-order valence-electron chi connectivity index (χ4n) is 2.37. The summed E-state index contributed by atoms with van der Waals surface area (Å²) < 4.78 is 5.67. The Bertz CT molecular complexity index is 618. The Morgan fingerprint density at radius 1 is 1.05 bits per heavy atom. The maximum Gasteiger partial charge on any atom is 0.119 e. The van der Waals surface area contributed by atoms with Crippen LogP contribution in [0.15, 0.2) is 54.6 Å². The van der Waals surface area contributed by atoms with Crippen LogP contribution in [0.4, 0.5) is 0 Å². The van der Waals surface area contributed by atoms with E-state index >= 15 is 0 Å². The molecular formula is C19H20ClNO. The molecule has 114 valence electrons. The first-order valence-corrected chi connectivity index (χ1v) is 7.87. The van der Waals surface area contributed by atoms with Gasteiger partial charge in [0.15, 0.2) is 0 Å². The van der Waals surface area contributed by atoms with E-state index in [0.29, 0.717) is 11.6 Å². The number of unbranched alkanes of at least 4 members (excludes halogenated alkanes) is 1. The van der Waals surface area contributed by atoms with Crippen LogP contribution in [-0.2, 0) is 5.41 Å². The predicted octanol–water partition coefficient (Wildman–Crippen LogP) is 5.37. The van der Waals surface area contributed by atoms with Crippen LogP contribution >= 0.6 is 11.6 Å². The second-order valence-corrected chi connectivity index (χ2v) is 6.01. The van der Waals surface area contributed by atoms with E-state index in [-0.39, 0.29) is 0 Å². The van der Waals surface area contributed by atoms with Gasteiger partial charge in [0.2, 0.25) is 0 Å². The quantitative estimate of drug-likeness (QED) is 0.644. The highest BCUT2D eigenvalue weighted by atomic mass is 35.5. The number of rotatable bonds is 7. The number of nitriles is 1. The Hall–Kier alpha value is -1.98. The number of hydrogen-bond donors (Lipinski definition) is 0. The second-order valence-electron chi connectivity index (χ2n) is 5.57. The van der Waals surface area contributed by atoms with E-state index in [2.05, 4.69) is 6.07 Å². The summed E-state index contributed by atoms with van der Waals surface area (Å²) in [5.74, 6) is 0.829. The Balaban J connectivity index is 1.78. The van der Waals surface area contributed by atoms with Crippen molar-refractivity contribution in [2.75, 3.05) is 6.61 Å². The zero-order chi connectivity index (χ0) is 15.8. The first-order valence-electron chi connectivity index (χ1n) is 7.49. The molecule has 3 heteroatoms. The molecule has 2 rings (SSSR count). The van der Waals surface area contributed by atoms with E-state index in [1.54, 1.807) is 0 Å². The van der Waals surface area contributed by atoms with Crippen molar-refractivity contribution < 1.29 is 4.74 Å². The van der Waals surface area contributed by atoms with E-state index in [4.69, 9.17) is 16.3 Å². The van der Waals surface area contributed by atoms with Gasteiger partial charge in [-0.2, -0.15) is 5.26 Å². The minimum atomic E-state index is -0.429. The van der Waals surface area contributed by atoms with Gasteiger partial charge in [-0.05, 0) is 56.0 Å². The molecule has 0 heterocycles. The standard InChI is InChI=1S/C19H20ClNO/c1-19(15-21,16-7-3-2-4-8-16)13-5-6-14-22-18-11-9-17(20)10-12-18/h2-4,7-12H,5-6,13-14H2,1H3. The first-order chi connectivity index (χ1) is 10.6. The molecular weight excluding hydrogens is 294 g/mol. The zero-order valence-electron chi connectivity index (χ0n) is 12.8. The molecule has 0 aliphatic carbocycles. The molecule has 0 saturated heterocycles. The van der Waals surface area contributed by atoms with Gasteiger partial charge < -0.3 is 4.74 Å². The van der Waals surface area contributed by atoms with Crippen LogP contribution in [-0.4, -0.2) is 6.61 Å². The van der Waals surface area contributed by atoms with Crippen LogP contribution in [0.25, 0.3) is 0 Å². The van der Waals surface area contributed by atoms with E-state index in [1.807, 2.05) is 61.5 Å². The highest BCUT2D eigenvalue weighted by Crippen LogP contribution is 2.28. The number of halogens is 1. The van der Waals surface area contributed by atoms with Crippen LogP contribution in [0.5, 0.6) is 5.75 Å². The summed E-state index contributed by atoms with van der Waals surface area (Å²) in [4.78, 5) is 0. The van der Waals surface area contributed by atoms with Crippen molar-refractivity contribution in [2.24, 2.45) is 0 Å². The number of ether oxygens (including phenoxy) is 1. The molecule has 2 aromatic carbocycles. The predicted molar refractivity (Wildman–Crippen MR) is 90.2 cm³/mol. The average molecular weight is 314 g/mol. The van der Waals surface area contributed by atoms with Crippen molar-refractivity contribution in [3.8, 4) is 11.8 Å². The van der Waals surface area contributed by atoms with Gasteiger partial charge in [0.05, 0.1) is 18.1 Å². The van der Waals surface area contributed by atoms with Crippen molar-refractivity contribution in [2.45, 2.75) is 31.6 Å². The lowest BCUT2D eigenvalue weighted by molar-refractivity contribution is 0.300. The molecule has 1 atom stereocenters.